The number of allylic oxidation sites excluding steroid dienone is 1. The van der Waals surface area contributed by atoms with Crippen LogP contribution in [0.5, 0.6) is 5.75 Å². The fourth-order valence-electron chi connectivity index (χ4n) is 2.03. The maximum absolute atomic E-state index is 11.7. The number of aryl methyl sites for hydroxylation is 2. The van der Waals surface area contributed by atoms with Crippen molar-refractivity contribution in [3.05, 3.63) is 75.3 Å². The number of nitrogens with one attached hydrogen (secondary N) is 1. The van der Waals surface area contributed by atoms with E-state index in [0.717, 1.165) is 11.1 Å². The van der Waals surface area contributed by atoms with Gasteiger partial charge in [-0.3, -0.25) is 14.9 Å². The van der Waals surface area contributed by atoms with Gasteiger partial charge in [0.2, 0.25) is 0 Å². The largest absolute Gasteiger partial charge is 0.484 e. The van der Waals surface area contributed by atoms with Crippen molar-refractivity contribution >= 4 is 23.9 Å². The lowest BCUT2D eigenvalue weighted by atomic mass is 10.1. The summed E-state index contributed by atoms with van der Waals surface area (Å²) in [5.41, 5.74) is 5.26. The van der Waals surface area contributed by atoms with E-state index in [1.54, 1.807) is 30.4 Å². The number of hydrogen-bond acceptors (Lipinski definition) is 5. The molecule has 134 valence electrons. The Hall–Kier alpha value is -3.48. The number of hydrogen-bond donors (Lipinski definition) is 1. The quantitative estimate of drug-likeness (QED) is 0.469. The molecule has 7 heteroatoms. The second-order valence-electron chi connectivity index (χ2n) is 5.56. The van der Waals surface area contributed by atoms with E-state index in [2.05, 4.69) is 10.5 Å². The van der Waals surface area contributed by atoms with E-state index in [4.69, 9.17) is 4.74 Å². The monoisotopic (exact) mass is 353 g/mol. The molecule has 0 bridgehead atoms. The fourth-order valence-corrected chi connectivity index (χ4v) is 2.03. The predicted molar refractivity (Wildman–Crippen MR) is 100 cm³/mol. The molecule has 0 atom stereocenters. The smallest absolute Gasteiger partial charge is 0.277 e. The number of non-ortho nitro benzene ring substituents is 1. The van der Waals surface area contributed by atoms with Gasteiger partial charge in [0.05, 0.1) is 4.92 Å². The van der Waals surface area contributed by atoms with Crippen molar-refractivity contribution < 1.29 is 14.5 Å². The minimum atomic E-state index is -0.457. The Bertz CT molecular complexity index is 860. The zero-order valence-electron chi connectivity index (χ0n) is 14.5. The number of nitro benzene ring substituents is 1. The molecule has 0 saturated carbocycles. The van der Waals surface area contributed by atoms with Gasteiger partial charge in [0.1, 0.15) is 5.75 Å². The van der Waals surface area contributed by atoms with Gasteiger partial charge in [-0.05, 0) is 48.7 Å². The maximum atomic E-state index is 11.7. The van der Waals surface area contributed by atoms with Crippen molar-refractivity contribution in [1.82, 2.24) is 5.43 Å². The predicted octanol–water partition coefficient (Wildman–Crippen LogP) is 3.41. The van der Waals surface area contributed by atoms with E-state index in [0.29, 0.717) is 11.3 Å². The highest BCUT2D eigenvalue weighted by atomic mass is 16.6. The van der Waals surface area contributed by atoms with Gasteiger partial charge in [0.25, 0.3) is 11.6 Å². The Morgan fingerprint density at radius 2 is 2.04 bits per heavy atom. The van der Waals surface area contributed by atoms with Gasteiger partial charge >= 0.3 is 0 Å². The number of carbonyl (C=O) groups excluding carboxylic acids is 1. The van der Waals surface area contributed by atoms with Gasteiger partial charge < -0.3 is 4.74 Å². The molecular weight excluding hydrogens is 334 g/mol. The van der Waals surface area contributed by atoms with Gasteiger partial charge in [-0.25, -0.2) is 5.43 Å². The lowest BCUT2D eigenvalue weighted by Crippen LogP contribution is -2.24. The number of hydrazone groups is 1. The average molecular weight is 353 g/mol. The highest BCUT2D eigenvalue weighted by Gasteiger charge is 2.03. The van der Waals surface area contributed by atoms with Crippen molar-refractivity contribution in [3.8, 4) is 5.75 Å². The Balaban J connectivity index is 1.78. The van der Waals surface area contributed by atoms with Crippen LogP contribution in [-0.4, -0.2) is 23.7 Å². The summed E-state index contributed by atoms with van der Waals surface area (Å²) in [6, 6.07) is 11.8. The van der Waals surface area contributed by atoms with Crippen molar-refractivity contribution in [2.75, 3.05) is 6.61 Å². The first kappa shape index (κ1) is 18.9. The number of nitro groups is 1. The Labute approximate surface area is 151 Å². The second-order valence-corrected chi connectivity index (χ2v) is 5.56. The SMILES string of the molecule is Cc1ccc(OCC(=O)N/N=C\C=C\c2cccc([N+](=O)[O-])c2)cc1C. The van der Waals surface area contributed by atoms with Crippen LogP contribution >= 0.6 is 0 Å². The van der Waals surface area contributed by atoms with Crippen LogP contribution in [0.3, 0.4) is 0 Å². The summed E-state index contributed by atoms with van der Waals surface area (Å²) < 4.78 is 5.40. The summed E-state index contributed by atoms with van der Waals surface area (Å²) in [6.45, 7) is 3.83. The molecule has 0 fully saturated rings. The van der Waals surface area contributed by atoms with Crippen LogP contribution in [0.2, 0.25) is 0 Å². The van der Waals surface area contributed by atoms with Crippen LogP contribution in [0.1, 0.15) is 16.7 Å². The van der Waals surface area contributed by atoms with Crippen molar-refractivity contribution in [3.63, 3.8) is 0 Å². The number of rotatable bonds is 7. The molecule has 0 unspecified atom stereocenters. The zero-order valence-corrected chi connectivity index (χ0v) is 14.5. The maximum Gasteiger partial charge on any atom is 0.277 e. The molecular formula is C19H19N3O4. The first-order chi connectivity index (χ1) is 12.5. The van der Waals surface area contributed by atoms with Gasteiger partial charge in [0.15, 0.2) is 6.61 Å². The number of nitrogens with zero attached hydrogens (tertiary/aromatic N) is 2. The number of amides is 1. The van der Waals surface area contributed by atoms with Crippen LogP contribution in [0.15, 0.2) is 53.6 Å². The summed E-state index contributed by atoms with van der Waals surface area (Å²) >= 11 is 0. The Kier molecular flexibility index (Phi) is 6.61. The highest BCUT2D eigenvalue weighted by Crippen LogP contribution is 2.16. The molecule has 0 spiro atoms. The number of carbonyl (C=O) groups is 1. The van der Waals surface area contributed by atoms with E-state index in [9.17, 15) is 14.9 Å². The Morgan fingerprint density at radius 3 is 2.77 bits per heavy atom. The van der Waals surface area contributed by atoms with Crippen LogP contribution < -0.4 is 10.2 Å². The van der Waals surface area contributed by atoms with Gasteiger partial charge in [0, 0.05) is 18.3 Å². The summed E-state index contributed by atoms with van der Waals surface area (Å²) in [7, 11) is 0. The van der Waals surface area contributed by atoms with Crippen LogP contribution in [0.4, 0.5) is 5.69 Å². The molecule has 0 heterocycles. The number of benzene rings is 2. The number of ether oxygens (including phenoxy) is 1. The van der Waals surface area contributed by atoms with E-state index in [-0.39, 0.29) is 18.2 Å². The Morgan fingerprint density at radius 1 is 1.23 bits per heavy atom. The van der Waals surface area contributed by atoms with Crippen LogP contribution in [-0.2, 0) is 4.79 Å². The van der Waals surface area contributed by atoms with E-state index in [1.165, 1.54) is 18.3 Å². The lowest BCUT2D eigenvalue weighted by molar-refractivity contribution is -0.384. The summed E-state index contributed by atoms with van der Waals surface area (Å²) in [5.74, 6) is 0.237. The second kappa shape index (κ2) is 9.12. The summed E-state index contributed by atoms with van der Waals surface area (Å²) in [5, 5.41) is 14.5. The summed E-state index contributed by atoms with van der Waals surface area (Å²) in [4.78, 5) is 21.9. The molecule has 0 aromatic heterocycles. The molecule has 2 aromatic rings. The van der Waals surface area contributed by atoms with E-state index < -0.39 is 4.92 Å². The third kappa shape index (κ3) is 5.86. The third-order valence-electron chi connectivity index (χ3n) is 3.57. The highest BCUT2D eigenvalue weighted by molar-refractivity contribution is 5.82. The van der Waals surface area contributed by atoms with E-state index in [1.807, 2.05) is 26.0 Å². The molecule has 7 nitrogen and oxygen atoms in total. The van der Waals surface area contributed by atoms with Crippen LogP contribution in [0.25, 0.3) is 6.08 Å². The van der Waals surface area contributed by atoms with Crippen molar-refractivity contribution in [1.29, 1.82) is 0 Å². The summed E-state index contributed by atoms with van der Waals surface area (Å²) in [6.07, 6.45) is 4.60. The fraction of sp³-hybridized carbons (Fsp3) is 0.158. The molecule has 0 aliphatic rings. The van der Waals surface area contributed by atoms with E-state index >= 15 is 0 Å². The molecule has 0 aliphatic heterocycles. The van der Waals surface area contributed by atoms with Gasteiger partial charge in [-0.1, -0.05) is 24.3 Å². The average Bonchev–Trinajstić information content (AvgIpc) is 2.62. The van der Waals surface area contributed by atoms with Crippen molar-refractivity contribution in [2.45, 2.75) is 13.8 Å². The first-order valence-corrected chi connectivity index (χ1v) is 7.89. The van der Waals surface area contributed by atoms with Crippen LogP contribution in [0, 0.1) is 24.0 Å². The molecule has 0 aliphatic carbocycles. The van der Waals surface area contributed by atoms with Crippen molar-refractivity contribution in [2.24, 2.45) is 5.10 Å². The standard InChI is InChI=1S/C19H19N3O4/c1-14-8-9-18(11-15(14)2)26-13-19(23)21-20-10-4-6-16-5-3-7-17(12-16)22(24)25/h3-12H,13H2,1-2H3,(H,21,23)/b6-4+,20-10-. The molecule has 0 radical (unpaired) electrons. The topological polar surface area (TPSA) is 93.8 Å². The zero-order chi connectivity index (χ0) is 18.9. The molecule has 0 saturated heterocycles. The first-order valence-electron chi connectivity index (χ1n) is 7.89. The van der Waals surface area contributed by atoms with Gasteiger partial charge in [-0.2, -0.15) is 5.10 Å². The molecule has 1 amide bonds. The molecule has 1 N–H and O–H groups in total. The lowest BCUT2D eigenvalue weighted by Gasteiger charge is -2.07. The minimum Gasteiger partial charge on any atom is -0.484 e. The molecule has 26 heavy (non-hydrogen) atoms. The molecule has 2 rings (SSSR count). The molecule has 2 aromatic carbocycles. The normalized spacial score (nSPS) is 11.0. The van der Waals surface area contributed by atoms with Gasteiger partial charge in [-0.15, -0.1) is 0 Å². The third-order valence-corrected chi connectivity index (χ3v) is 3.57. The minimum absolute atomic E-state index is 0.0147.